The minimum absolute atomic E-state index is 0.0166. The first-order valence-electron chi connectivity index (χ1n) is 7.64. The Morgan fingerprint density at radius 3 is 2.75 bits per heavy atom. The molecule has 1 aromatic carbocycles. The lowest BCUT2D eigenvalue weighted by molar-refractivity contribution is 0.0953. The molecule has 0 aliphatic carbocycles. The first kappa shape index (κ1) is 14.9. The number of hydrogen-bond donors (Lipinski definition) is 2. The molecule has 1 aromatic rings. The number of benzene rings is 1. The van der Waals surface area contributed by atoms with Crippen LogP contribution in [0, 0.1) is 0 Å². The molecule has 0 atom stereocenters. The summed E-state index contributed by atoms with van der Waals surface area (Å²) in [6.45, 7) is 7.13. The van der Waals surface area contributed by atoms with E-state index in [-0.39, 0.29) is 5.91 Å². The lowest BCUT2D eigenvalue weighted by Crippen LogP contribution is -2.29. The number of rotatable bonds is 7. The molecule has 0 spiro atoms. The molecule has 1 heterocycles. The summed E-state index contributed by atoms with van der Waals surface area (Å²) in [5, 5.41) is 6.24. The molecule has 2 N–H and O–H groups in total. The highest BCUT2D eigenvalue weighted by Crippen LogP contribution is 2.14. The molecule has 110 valence electrons. The Bertz CT molecular complexity index is 427. The number of amides is 1. The van der Waals surface area contributed by atoms with Crippen molar-refractivity contribution in [1.29, 1.82) is 0 Å². The summed E-state index contributed by atoms with van der Waals surface area (Å²) in [5.74, 6) is 0.0166. The molecule has 0 bridgehead atoms. The first-order chi connectivity index (χ1) is 9.81. The number of nitrogens with one attached hydrogen (secondary N) is 2. The molecule has 0 aromatic heterocycles. The van der Waals surface area contributed by atoms with Crippen molar-refractivity contribution in [2.45, 2.75) is 26.2 Å². The van der Waals surface area contributed by atoms with Gasteiger partial charge in [-0.3, -0.25) is 4.79 Å². The van der Waals surface area contributed by atoms with E-state index in [1.54, 1.807) is 0 Å². The van der Waals surface area contributed by atoms with Gasteiger partial charge in [-0.15, -0.1) is 0 Å². The van der Waals surface area contributed by atoms with Gasteiger partial charge in [0.2, 0.25) is 0 Å². The molecule has 4 heteroatoms. The van der Waals surface area contributed by atoms with Gasteiger partial charge in [0.25, 0.3) is 5.91 Å². The van der Waals surface area contributed by atoms with E-state index in [0.29, 0.717) is 0 Å². The van der Waals surface area contributed by atoms with Crippen molar-refractivity contribution in [3.05, 3.63) is 29.8 Å². The second-order valence-electron chi connectivity index (χ2n) is 5.23. The smallest absolute Gasteiger partial charge is 0.253 e. The molecular formula is C16H25N3O. The third-order valence-corrected chi connectivity index (χ3v) is 3.67. The van der Waals surface area contributed by atoms with E-state index in [2.05, 4.69) is 15.5 Å². The van der Waals surface area contributed by atoms with Crippen LogP contribution in [0.4, 0.5) is 5.69 Å². The average Bonchev–Trinajstić information content (AvgIpc) is 2.97. The molecule has 2 rings (SSSR count). The van der Waals surface area contributed by atoms with Gasteiger partial charge in [-0.25, -0.2) is 0 Å². The van der Waals surface area contributed by atoms with E-state index in [1.807, 2.05) is 31.2 Å². The van der Waals surface area contributed by atoms with Crippen molar-refractivity contribution >= 4 is 11.6 Å². The van der Waals surface area contributed by atoms with Crippen molar-refractivity contribution in [2.24, 2.45) is 0 Å². The lowest BCUT2D eigenvalue weighted by atomic mass is 10.1. The summed E-state index contributed by atoms with van der Waals surface area (Å²) in [6, 6.07) is 7.67. The maximum atomic E-state index is 12.2. The van der Waals surface area contributed by atoms with Crippen LogP contribution in [0.25, 0.3) is 0 Å². The maximum absolute atomic E-state index is 12.2. The summed E-state index contributed by atoms with van der Waals surface area (Å²) in [5.41, 5.74) is 1.64. The van der Waals surface area contributed by atoms with E-state index in [9.17, 15) is 4.79 Å². The minimum atomic E-state index is 0.0166. The molecule has 0 radical (unpaired) electrons. The fourth-order valence-electron chi connectivity index (χ4n) is 2.63. The third kappa shape index (κ3) is 4.23. The number of nitrogens with zero attached hydrogens (tertiary/aromatic N) is 1. The number of likely N-dealkylation sites (tertiary alicyclic amines) is 1. The summed E-state index contributed by atoms with van der Waals surface area (Å²) in [7, 11) is 0. The molecule has 1 saturated heterocycles. The molecule has 4 nitrogen and oxygen atoms in total. The summed E-state index contributed by atoms with van der Waals surface area (Å²) >= 11 is 0. The van der Waals surface area contributed by atoms with Crippen molar-refractivity contribution in [3.8, 4) is 0 Å². The van der Waals surface area contributed by atoms with Crippen LogP contribution in [-0.2, 0) is 0 Å². The molecule has 0 saturated carbocycles. The Kier molecular flexibility index (Phi) is 5.87. The second-order valence-corrected chi connectivity index (χ2v) is 5.23. The number of carbonyl (C=O) groups excluding carboxylic acids is 1. The Labute approximate surface area is 121 Å². The highest BCUT2D eigenvalue weighted by atomic mass is 16.1. The topological polar surface area (TPSA) is 44.4 Å². The van der Waals surface area contributed by atoms with Gasteiger partial charge in [-0.05, 0) is 58.0 Å². The van der Waals surface area contributed by atoms with Crippen LogP contribution in [0.5, 0.6) is 0 Å². The Balaban J connectivity index is 1.76. The Morgan fingerprint density at radius 2 is 2.00 bits per heavy atom. The largest absolute Gasteiger partial charge is 0.385 e. The second kappa shape index (κ2) is 7.90. The average molecular weight is 275 g/mol. The van der Waals surface area contributed by atoms with E-state index >= 15 is 0 Å². The predicted octanol–water partition coefficient (Wildman–Crippen LogP) is 2.33. The molecule has 20 heavy (non-hydrogen) atoms. The predicted molar refractivity (Wildman–Crippen MR) is 83.2 cm³/mol. The van der Waals surface area contributed by atoms with Crippen LogP contribution in [0.15, 0.2) is 24.3 Å². The molecule has 1 aliphatic heterocycles. The van der Waals surface area contributed by atoms with Gasteiger partial charge in [0.1, 0.15) is 0 Å². The molecule has 0 unspecified atom stereocenters. The van der Waals surface area contributed by atoms with E-state index < -0.39 is 0 Å². The van der Waals surface area contributed by atoms with Gasteiger partial charge in [0.05, 0.1) is 5.56 Å². The zero-order chi connectivity index (χ0) is 14.2. The van der Waals surface area contributed by atoms with Gasteiger partial charge in [0.15, 0.2) is 0 Å². The Hall–Kier alpha value is -1.55. The number of carbonyl (C=O) groups is 1. The van der Waals surface area contributed by atoms with Crippen molar-refractivity contribution in [3.63, 3.8) is 0 Å². The van der Waals surface area contributed by atoms with Gasteiger partial charge < -0.3 is 15.5 Å². The molecule has 1 aliphatic rings. The zero-order valence-corrected chi connectivity index (χ0v) is 12.3. The van der Waals surface area contributed by atoms with Crippen LogP contribution in [0.3, 0.4) is 0 Å². The van der Waals surface area contributed by atoms with Crippen LogP contribution >= 0.6 is 0 Å². The van der Waals surface area contributed by atoms with Gasteiger partial charge in [-0.2, -0.15) is 0 Å². The standard InChI is InChI=1S/C16H25N3O/c1-2-17-15-9-4-3-8-14(15)16(20)18-10-7-13-19-11-5-6-12-19/h3-4,8-9,17H,2,5-7,10-13H2,1H3,(H,18,20). The third-order valence-electron chi connectivity index (χ3n) is 3.67. The first-order valence-corrected chi connectivity index (χ1v) is 7.64. The summed E-state index contributed by atoms with van der Waals surface area (Å²) in [4.78, 5) is 14.6. The SMILES string of the molecule is CCNc1ccccc1C(=O)NCCCN1CCCC1. The van der Waals surface area contributed by atoms with Crippen LogP contribution < -0.4 is 10.6 Å². The van der Waals surface area contributed by atoms with Crippen LogP contribution in [-0.4, -0.2) is 43.5 Å². The van der Waals surface area contributed by atoms with Crippen molar-refractivity contribution in [2.75, 3.05) is 38.0 Å². The summed E-state index contributed by atoms with van der Waals surface area (Å²) < 4.78 is 0. The Morgan fingerprint density at radius 1 is 1.25 bits per heavy atom. The van der Waals surface area contributed by atoms with Gasteiger partial charge in [-0.1, -0.05) is 12.1 Å². The zero-order valence-electron chi connectivity index (χ0n) is 12.3. The van der Waals surface area contributed by atoms with Crippen LogP contribution in [0.1, 0.15) is 36.5 Å². The fourth-order valence-corrected chi connectivity index (χ4v) is 2.63. The van der Waals surface area contributed by atoms with Crippen LogP contribution in [0.2, 0.25) is 0 Å². The summed E-state index contributed by atoms with van der Waals surface area (Å²) in [6.07, 6.45) is 3.67. The maximum Gasteiger partial charge on any atom is 0.253 e. The van der Waals surface area contributed by atoms with E-state index in [0.717, 1.165) is 37.3 Å². The minimum Gasteiger partial charge on any atom is -0.385 e. The van der Waals surface area contributed by atoms with Gasteiger partial charge in [0, 0.05) is 18.8 Å². The normalized spacial score (nSPS) is 15.2. The number of para-hydroxylation sites is 1. The molecule has 1 amide bonds. The fraction of sp³-hybridized carbons (Fsp3) is 0.562. The molecular weight excluding hydrogens is 250 g/mol. The quantitative estimate of drug-likeness (QED) is 0.751. The van der Waals surface area contributed by atoms with Crippen molar-refractivity contribution in [1.82, 2.24) is 10.2 Å². The number of anilines is 1. The van der Waals surface area contributed by atoms with Crippen molar-refractivity contribution < 1.29 is 4.79 Å². The monoisotopic (exact) mass is 275 g/mol. The highest BCUT2D eigenvalue weighted by molar-refractivity contribution is 5.99. The van der Waals surface area contributed by atoms with E-state index in [1.165, 1.54) is 25.9 Å². The highest BCUT2D eigenvalue weighted by Gasteiger charge is 2.12. The van der Waals surface area contributed by atoms with Gasteiger partial charge >= 0.3 is 0 Å². The lowest BCUT2D eigenvalue weighted by Gasteiger charge is -2.15. The van der Waals surface area contributed by atoms with E-state index in [4.69, 9.17) is 0 Å². The molecule has 1 fully saturated rings. The number of hydrogen-bond acceptors (Lipinski definition) is 3.